The predicted molar refractivity (Wildman–Crippen MR) is 98.2 cm³/mol. The molecular formula is C20H19FN4O. The summed E-state index contributed by atoms with van der Waals surface area (Å²) in [6.45, 7) is 0.957. The second-order valence-electron chi connectivity index (χ2n) is 5.72. The van der Waals surface area contributed by atoms with E-state index >= 15 is 0 Å². The van der Waals surface area contributed by atoms with Gasteiger partial charge >= 0.3 is 0 Å². The van der Waals surface area contributed by atoms with E-state index in [1.54, 1.807) is 18.2 Å². The van der Waals surface area contributed by atoms with Gasteiger partial charge in [-0.3, -0.25) is 4.79 Å². The van der Waals surface area contributed by atoms with E-state index in [2.05, 4.69) is 20.6 Å². The molecule has 0 fully saturated rings. The Morgan fingerprint density at radius 2 is 1.73 bits per heavy atom. The summed E-state index contributed by atoms with van der Waals surface area (Å²) in [5.74, 6) is 0.0472. The first-order chi connectivity index (χ1) is 12.7. The maximum absolute atomic E-state index is 13.6. The van der Waals surface area contributed by atoms with Crippen LogP contribution in [0.2, 0.25) is 0 Å². The molecule has 3 aromatic rings. The van der Waals surface area contributed by atoms with E-state index in [1.165, 1.54) is 18.5 Å². The molecule has 2 aromatic carbocycles. The Balaban J connectivity index is 1.48. The smallest absolute Gasteiger partial charge is 0.271 e. The minimum absolute atomic E-state index is 0.217. The zero-order valence-corrected chi connectivity index (χ0v) is 14.2. The molecule has 0 radical (unpaired) electrons. The van der Waals surface area contributed by atoms with E-state index in [9.17, 15) is 9.18 Å². The maximum atomic E-state index is 13.6. The van der Waals surface area contributed by atoms with Crippen LogP contribution >= 0.6 is 0 Å². The van der Waals surface area contributed by atoms with Crippen molar-refractivity contribution in [3.05, 3.63) is 89.6 Å². The van der Waals surface area contributed by atoms with Gasteiger partial charge < -0.3 is 10.6 Å². The second-order valence-corrected chi connectivity index (χ2v) is 5.72. The van der Waals surface area contributed by atoms with E-state index in [0.29, 0.717) is 30.9 Å². The van der Waals surface area contributed by atoms with Crippen LogP contribution in [0.25, 0.3) is 0 Å². The number of hydrogen-bond donors (Lipinski definition) is 2. The van der Waals surface area contributed by atoms with Crippen molar-refractivity contribution in [3.8, 4) is 0 Å². The molecule has 1 amide bonds. The number of hydrogen-bond acceptors (Lipinski definition) is 4. The molecule has 26 heavy (non-hydrogen) atoms. The van der Waals surface area contributed by atoms with Gasteiger partial charge in [0.15, 0.2) is 0 Å². The topological polar surface area (TPSA) is 66.9 Å². The van der Waals surface area contributed by atoms with Crippen LogP contribution in [0.5, 0.6) is 0 Å². The molecule has 0 atom stereocenters. The zero-order valence-electron chi connectivity index (χ0n) is 14.2. The monoisotopic (exact) mass is 350 g/mol. The van der Waals surface area contributed by atoms with E-state index in [1.807, 2.05) is 30.3 Å². The van der Waals surface area contributed by atoms with Crippen LogP contribution in [0, 0.1) is 5.82 Å². The van der Waals surface area contributed by atoms with E-state index in [0.717, 1.165) is 5.56 Å². The van der Waals surface area contributed by atoms with Crippen LogP contribution in [-0.4, -0.2) is 22.4 Å². The van der Waals surface area contributed by atoms with Gasteiger partial charge in [0.2, 0.25) is 0 Å². The normalized spacial score (nSPS) is 10.3. The van der Waals surface area contributed by atoms with Gasteiger partial charge in [0.05, 0.1) is 12.4 Å². The van der Waals surface area contributed by atoms with Crippen molar-refractivity contribution in [1.29, 1.82) is 0 Å². The number of carbonyl (C=O) groups is 1. The van der Waals surface area contributed by atoms with E-state index in [4.69, 9.17) is 0 Å². The Kier molecular flexibility index (Phi) is 5.88. The first-order valence-corrected chi connectivity index (χ1v) is 8.34. The molecular weight excluding hydrogens is 331 g/mol. The van der Waals surface area contributed by atoms with Crippen molar-refractivity contribution in [2.24, 2.45) is 0 Å². The van der Waals surface area contributed by atoms with E-state index < -0.39 is 0 Å². The Hall–Kier alpha value is -3.28. The highest BCUT2D eigenvalue weighted by atomic mass is 19.1. The summed E-state index contributed by atoms with van der Waals surface area (Å²) in [6.07, 6.45) is 3.46. The summed E-state index contributed by atoms with van der Waals surface area (Å²) in [5, 5.41) is 5.87. The van der Waals surface area contributed by atoms with Crippen LogP contribution in [-0.2, 0) is 13.0 Å². The molecule has 0 saturated carbocycles. The van der Waals surface area contributed by atoms with Crippen molar-refractivity contribution in [1.82, 2.24) is 15.3 Å². The molecule has 5 nitrogen and oxygen atoms in total. The lowest BCUT2D eigenvalue weighted by atomic mass is 10.1. The highest BCUT2D eigenvalue weighted by Gasteiger charge is 2.08. The molecule has 2 N–H and O–H groups in total. The fraction of sp³-hybridized carbons (Fsp3) is 0.150. The number of nitrogens with one attached hydrogen (secondary N) is 2. The fourth-order valence-corrected chi connectivity index (χ4v) is 2.43. The van der Waals surface area contributed by atoms with Gasteiger partial charge in [-0.05, 0) is 23.6 Å². The lowest BCUT2D eigenvalue weighted by Gasteiger charge is -2.07. The number of aromatic nitrogens is 2. The predicted octanol–water partition coefficient (Wildman–Crippen LogP) is 3.20. The quantitative estimate of drug-likeness (QED) is 0.687. The molecule has 0 aliphatic carbocycles. The number of amides is 1. The SMILES string of the molecule is O=C(NCc1ccccc1)c1cnc(NCCc2ccccc2F)cn1. The lowest BCUT2D eigenvalue weighted by Crippen LogP contribution is -2.24. The fourth-order valence-electron chi connectivity index (χ4n) is 2.43. The summed E-state index contributed by atoms with van der Waals surface area (Å²) < 4.78 is 13.6. The molecule has 0 aliphatic rings. The third kappa shape index (κ3) is 4.86. The minimum Gasteiger partial charge on any atom is -0.368 e. The molecule has 0 unspecified atom stereocenters. The van der Waals surface area contributed by atoms with Crippen LogP contribution in [0.15, 0.2) is 67.0 Å². The molecule has 3 rings (SSSR count). The van der Waals surface area contributed by atoms with E-state index in [-0.39, 0.29) is 17.4 Å². The summed E-state index contributed by atoms with van der Waals surface area (Å²) in [6, 6.07) is 16.3. The molecule has 1 heterocycles. The molecule has 0 saturated heterocycles. The number of rotatable bonds is 7. The minimum atomic E-state index is -0.278. The molecule has 6 heteroatoms. The Labute approximate surface area is 151 Å². The van der Waals surface area contributed by atoms with Crippen LogP contribution in [0.4, 0.5) is 10.2 Å². The summed E-state index contributed by atoms with van der Waals surface area (Å²) >= 11 is 0. The zero-order chi connectivity index (χ0) is 18.2. The highest BCUT2D eigenvalue weighted by molar-refractivity contribution is 5.91. The van der Waals surface area contributed by atoms with Gasteiger partial charge in [-0.25, -0.2) is 14.4 Å². The average Bonchev–Trinajstić information content (AvgIpc) is 2.69. The Bertz CT molecular complexity index is 853. The van der Waals surface area contributed by atoms with Gasteiger partial charge in [0.1, 0.15) is 17.3 Å². The summed E-state index contributed by atoms with van der Waals surface area (Å²) in [4.78, 5) is 20.4. The van der Waals surface area contributed by atoms with Gasteiger partial charge in [0, 0.05) is 13.1 Å². The molecule has 132 valence electrons. The maximum Gasteiger partial charge on any atom is 0.271 e. The van der Waals surface area contributed by atoms with Gasteiger partial charge in [-0.1, -0.05) is 48.5 Å². The number of anilines is 1. The average molecular weight is 350 g/mol. The standard InChI is InChI=1S/C20H19FN4O/c21-17-9-5-4-8-16(17)10-11-22-19-14-23-18(13-24-19)20(26)25-12-15-6-2-1-3-7-15/h1-9,13-14H,10-12H2,(H,22,24)(H,25,26). The first-order valence-electron chi connectivity index (χ1n) is 8.34. The van der Waals surface area contributed by atoms with Crippen LogP contribution < -0.4 is 10.6 Å². The van der Waals surface area contributed by atoms with Crippen molar-refractivity contribution in [2.45, 2.75) is 13.0 Å². The number of nitrogens with zero attached hydrogens (tertiary/aromatic N) is 2. The van der Waals surface area contributed by atoms with Gasteiger partial charge in [-0.2, -0.15) is 0 Å². The summed E-state index contributed by atoms with van der Waals surface area (Å²) in [5.41, 5.74) is 1.91. The van der Waals surface area contributed by atoms with Crippen molar-refractivity contribution >= 4 is 11.7 Å². The Morgan fingerprint density at radius 3 is 2.46 bits per heavy atom. The molecule has 0 bridgehead atoms. The lowest BCUT2D eigenvalue weighted by molar-refractivity contribution is 0.0945. The number of halogens is 1. The summed E-state index contributed by atoms with van der Waals surface area (Å²) in [7, 11) is 0. The largest absolute Gasteiger partial charge is 0.368 e. The first kappa shape index (κ1) is 17.5. The second kappa shape index (κ2) is 8.71. The Morgan fingerprint density at radius 1 is 0.962 bits per heavy atom. The molecule has 0 aliphatic heterocycles. The number of carbonyl (C=O) groups excluding carboxylic acids is 1. The molecule has 0 spiro atoms. The van der Waals surface area contributed by atoms with Gasteiger partial charge in [0.25, 0.3) is 5.91 Å². The van der Waals surface area contributed by atoms with Crippen molar-refractivity contribution in [2.75, 3.05) is 11.9 Å². The van der Waals surface area contributed by atoms with Crippen molar-refractivity contribution < 1.29 is 9.18 Å². The number of benzene rings is 2. The highest BCUT2D eigenvalue weighted by Crippen LogP contribution is 2.08. The third-order valence-corrected chi connectivity index (χ3v) is 3.84. The van der Waals surface area contributed by atoms with Crippen LogP contribution in [0.1, 0.15) is 21.6 Å². The van der Waals surface area contributed by atoms with Crippen molar-refractivity contribution in [3.63, 3.8) is 0 Å². The van der Waals surface area contributed by atoms with Crippen LogP contribution in [0.3, 0.4) is 0 Å². The third-order valence-electron chi connectivity index (χ3n) is 3.84. The van der Waals surface area contributed by atoms with Gasteiger partial charge in [-0.15, -0.1) is 0 Å². The molecule has 1 aromatic heterocycles.